The fourth-order valence-electron chi connectivity index (χ4n) is 1.88. The molecule has 0 spiro atoms. The summed E-state index contributed by atoms with van der Waals surface area (Å²) in [5, 5.41) is 0. The zero-order valence-electron chi connectivity index (χ0n) is 9.93. The molecule has 1 aromatic rings. The number of alkyl halides is 1. The third-order valence-corrected chi connectivity index (χ3v) is 3.28. The molecule has 1 saturated heterocycles. The average molecular weight is 313 g/mol. The largest absolute Gasteiger partial charge is 0.462 e. The number of amides is 1. The summed E-state index contributed by atoms with van der Waals surface area (Å²) < 4.78 is 4.97. The van der Waals surface area contributed by atoms with Crippen molar-refractivity contribution in [3.05, 3.63) is 24.0 Å². The highest BCUT2D eigenvalue weighted by molar-refractivity contribution is 9.09. The van der Waals surface area contributed by atoms with Crippen molar-refractivity contribution in [2.24, 2.45) is 0 Å². The lowest BCUT2D eigenvalue weighted by Gasteiger charge is -2.18. The number of pyridine rings is 1. The number of halogens is 1. The van der Waals surface area contributed by atoms with E-state index >= 15 is 0 Å². The molecular weight excluding hydrogens is 300 g/mol. The normalized spacial score (nSPS) is 19.1. The van der Waals surface area contributed by atoms with Gasteiger partial charge in [-0.25, -0.2) is 4.79 Å². The highest BCUT2D eigenvalue weighted by atomic mass is 79.9. The maximum Gasteiger partial charge on any atom is 0.340 e. The Labute approximate surface area is 113 Å². The van der Waals surface area contributed by atoms with Crippen LogP contribution in [-0.4, -0.2) is 34.8 Å². The summed E-state index contributed by atoms with van der Waals surface area (Å²) in [6.07, 6.45) is 3.47. The number of aromatic nitrogens is 1. The molecule has 0 bridgehead atoms. The topological polar surface area (TPSA) is 59.5 Å². The highest BCUT2D eigenvalue weighted by Gasteiger charge is 2.31. The van der Waals surface area contributed by atoms with Crippen LogP contribution < -0.4 is 4.90 Å². The molecule has 96 valence electrons. The van der Waals surface area contributed by atoms with Gasteiger partial charge in [-0.05, 0) is 13.0 Å². The van der Waals surface area contributed by atoms with E-state index in [1.807, 2.05) is 0 Å². The molecule has 1 amide bonds. The Balaban J connectivity index is 2.33. The average Bonchev–Trinajstić information content (AvgIpc) is 2.69. The Morgan fingerprint density at radius 3 is 3.06 bits per heavy atom. The monoisotopic (exact) mass is 312 g/mol. The number of anilines is 1. The summed E-state index contributed by atoms with van der Waals surface area (Å²) in [6, 6.07) is 1.57. The molecule has 0 aromatic carbocycles. The molecule has 2 rings (SSSR count). The van der Waals surface area contributed by atoms with Gasteiger partial charge in [0.1, 0.15) is 0 Å². The van der Waals surface area contributed by atoms with Crippen molar-refractivity contribution in [3.8, 4) is 0 Å². The third-order valence-electron chi connectivity index (χ3n) is 2.66. The molecule has 1 atom stereocenters. The van der Waals surface area contributed by atoms with Crippen LogP contribution in [0.3, 0.4) is 0 Å². The molecule has 0 saturated carbocycles. The summed E-state index contributed by atoms with van der Waals surface area (Å²) in [6.45, 7) is 2.58. The van der Waals surface area contributed by atoms with E-state index in [2.05, 4.69) is 20.9 Å². The van der Waals surface area contributed by atoms with Gasteiger partial charge in [0, 0.05) is 24.0 Å². The van der Waals surface area contributed by atoms with Crippen molar-refractivity contribution in [1.29, 1.82) is 0 Å². The van der Waals surface area contributed by atoms with Crippen LogP contribution in [0.2, 0.25) is 0 Å². The van der Waals surface area contributed by atoms with E-state index in [1.165, 1.54) is 12.4 Å². The smallest absolute Gasteiger partial charge is 0.340 e. The Morgan fingerprint density at radius 1 is 1.67 bits per heavy atom. The summed E-state index contributed by atoms with van der Waals surface area (Å²) >= 11 is 3.41. The first-order valence-electron chi connectivity index (χ1n) is 5.69. The Kier molecular flexibility index (Phi) is 3.96. The number of carbonyl (C=O) groups excluding carboxylic acids is 2. The van der Waals surface area contributed by atoms with Gasteiger partial charge in [-0.1, -0.05) is 15.9 Å². The summed E-state index contributed by atoms with van der Waals surface area (Å²) in [4.78, 5) is 29.3. The van der Waals surface area contributed by atoms with E-state index in [9.17, 15) is 9.59 Å². The van der Waals surface area contributed by atoms with Crippen LogP contribution in [0.1, 0.15) is 23.7 Å². The van der Waals surface area contributed by atoms with Gasteiger partial charge in [0.15, 0.2) is 0 Å². The van der Waals surface area contributed by atoms with Crippen LogP contribution in [0.5, 0.6) is 0 Å². The lowest BCUT2D eigenvalue weighted by Crippen LogP contribution is -2.27. The molecule has 1 fully saturated rings. The molecule has 1 aromatic heterocycles. The van der Waals surface area contributed by atoms with Gasteiger partial charge in [-0.2, -0.15) is 0 Å². The van der Waals surface area contributed by atoms with E-state index in [-0.39, 0.29) is 10.7 Å². The first-order chi connectivity index (χ1) is 8.63. The van der Waals surface area contributed by atoms with Gasteiger partial charge in [0.05, 0.1) is 24.1 Å². The number of hydrogen-bond donors (Lipinski definition) is 0. The van der Waals surface area contributed by atoms with Gasteiger partial charge in [0.2, 0.25) is 5.91 Å². The SMILES string of the molecule is CCOC(=O)c1ccncc1N1CC(Br)CC1=O. The minimum Gasteiger partial charge on any atom is -0.462 e. The van der Waals surface area contributed by atoms with Crippen molar-refractivity contribution in [2.45, 2.75) is 18.2 Å². The predicted octanol–water partition coefficient (Wildman–Crippen LogP) is 1.76. The predicted molar refractivity (Wildman–Crippen MR) is 69.9 cm³/mol. The second kappa shape index (κ2) is 5.48. The minimum absolute atomic E-state index is 0.0181. The molecule has 0 radical (unpaired) electrons. The van der Waals surface area contributed by atoms with Crippen LogP contribution in [0, 0.1) is 0 Å². The van der Waals surface area contributed by atoms with Crippen molar-refractivity contribution >= 4 is 33.5 Å². The van der Waals surface area contributed by atoms with Crippen LogP contribution in [0.4, 0.5) is 5.69 Å². The molecule has 1 aliphatic heterocycles. The van der Waals surface area contributed by atoms with Gasteiger partial charge in [-0.3, -0.25) is 9.78 Å². The standard InChI is InChI=1S/C12H13BrN2O3/c1-2-18-12(17)9-3-4-14-6-10(9)15-7-8(13)5-11(15)16/h3-4,6,8H,2,5,7H2,1H3. The number of esters is 1. The van der Waals surface area contributed by atoms with E-state index in [1.54, 1.807) is 17.9 Å². The van der Waals surface area contributed by atoms with Crippen molar-refractivity contribution in [1.82, 2.24) is 4.98 Å². The lowest BCUT2D eigenvalue weighted by molar-refractivity contribution is -0.117. The van der Waals surface area contributed by atoms with Gasteiger partial charge in [0.25, 0.3) is 0 Å². The molecule has 0 N–H and O–H groups in total. The Hall–Kier alpha value is -1.43. The molecule has 2 heterocycles. The Morgan fingerprint density at radius 2 is 2.44 bits per heavy atom. The van der Waals surface area contributed by atoms with E-state index in [4.69, 9.17) is 4.74 Å². The minimum atomic E-state index is -0.430. The van der Waals surface area contributed by atoms with E-state index < -0.39 is 5.97 Å². The molecule has 18 heavy (non-hydrogen) atoms. The first-order valence-corrected chi connectivity index (χ1v) is 6.60. The van der Waals surface area contributed by atoms with E-state index in [0.717, 1.165) is 0 Å². The summed E-state index contributed by atoms with van der Waals surface area (Å²) in [5.74, 6) is -0.448. The maximum absolute atomic E-state index is 11.8. The maximum atomic E-state index is 11.8. The second-order valence-corrected chi connectivity index (χ2v) is 5.21. The Bertz CT molecular complexity index is 478. The molecular formula is C12H13BrN2O3. The second-order valence-electron chi connectivity index (χ2n) is 3.92. The van der Waals surface area contributed by atoms with Crippen LogP contribution >= 0.6 is 15.9 Å². The van der Waals surface area contributed by atoms with Gasteiger partial charge in [-0.15, -0.1) is 0 Å². The number of nitrogens with zero attached hydrogens (tertiary/aromatic N) is 2. The molecule has 0 aliphatic carbocycles. The summed E-state index contributed by atoms with van der Waals surface area (Å²) in [5.41, 5.74) is 0.893. The van der Waals surface area contributed by atoms with Gasteiger partial charge >= 0.3 is 5.97 Å². The number of rotatable bonds is 3. The van der Waals surface area contributed by atoms with Crippen molar-refractivity contribution in [3.63, 3.8) is 0 Å². The lowest BCUT2D eigenvalue weighted by atomic mass is 10.2. The summed E-state index contributed by atoms with van der Waals surface area (Å²) in [7, 11) is 0. The van der Waals surface area contributed by atoms with Crippen LogP contribution in [0.15, 0.2) is 18.5 Å². The third kappa shape index (κ3) is 2.53. The van der Waals surface area contributed by atoms with Crippen LogP contribution in [0.25, 0.3) is 0 Å². The van der Waals surface area contributed by atoms with Crippen molar-refractivity contribution < 1.29 is 14.3 Å². The number of carbonyl (C=O) groups is 2. The molecule has 1 unspecified atom stereocenters. The fraction of sp³-hybridized carbons (Fsp3) is 0.417. The quantitative estimate of drug-likeness (QED) is 0.630. The first kappa shape index (κ1) is 13.0. The zero-order chi connectivity index (χ0) is 13.1. The number of ether oxygens (including phenoxy) is 1. The zero-order valence-corrected chi connectivity index (χ0v) is 11.5. The van der Waals surface area contributed by atoms with Crippen LogP contribution in [-0.2, 0) is 9.53 Å². The molecule has 6 heteroatoms. The van der Waals surface area contributed by atoms with E-state index in [0.29, 0.717) is 30.8 Å². The highest BCUT2D eigenvalue weighted by Crippen LogP contribution is 2.27. The molecule has 1 aliphatic rings. The van der Waals surface area contributed by atoms with Gasteiger partial charge < -0.3 is 9.64 Å². The molecule has 5 nitrogen and oxygen atoms in total. The van der Waals surface area contributed by atoms with Crippen molar-refractivity contribution in [2.75, 3.05) is 18.1 Å². The fourth-order valence-corrected chi connectivity index (χ4v) is 2.45. The number of hydrogen-bond acceptors (Lipinski definition) is 4.